The van der Waals surface area contributed by atoms with Gasteiger partial charge in [0.1, 0.15) is 0 Å². The summed E-state index contributed by atoms with van der Waals surface area (Å²) in [6.45, 7) is 12.0. The van der Waals surface area contributed by atoms with E-state index < -0.39 is 0 Å². The topological polar surface area (TPSA) is 58.2 Å². The smallest absolute Gasteiger partial charge is 0.230 e. The highest BCUT2D eigenvalue weighted by atomic mass is 16.2. The van der Waals surface area contributed by atoms with Gasteiger partial charge in [-0.05, 0) is 61.1 Å². The van der Waals surface area contributed by atoms with Gasteiger partial charge in [0.15, 0.2) is 0 Å². The summed E-state index contributed by atoms with van der Waals surface area (Å²) in [6.07, 6.45) is 3.23. The van der Waals surface area contributed by atoms with E-state index in [9.17, 15) is 9.59 Å². The molecule has 2 aromatic rings. The summed E-state index contributed by atoms with van der Waals surface area (Å²) in [5, 5.41) is 6.03. The van der Waals surface area contributed by atoms with Crippen LogP contribution in [-0.4, -0.2) is 11.8 Å². The summed E-state index contributed by atoms with van der Waals surface area (Å²) >= 11 is 0. The average molecular weight is 409 g/mol. The molecule has 0 heterocycles. The van der Waals surface area contributed by atoms with E-state index in [2.05, 4.69) is 10.6 Å². The van der Waals surface area contributed by atoms with Gasteiger partial charge >= 0.3 is 0 Å². The number of hydrogen-bond donors (Lipinski definition) is 2. The molecule has 0 aromatic heterocycles. The molecule has 4 heteroatoms. The minimum atomic E-state index is -0.373. The van der Waals surface area contributed by atoms with E-state index in [4.69, 9.17) is 0 Å². The number of hydrogen-bond acceptors (Lipinski definition) is 2. The van der Waals surface area contributed by atoms with Crippen molar-refractivity contribution in [3.05, 3.63) is 59.7 Å². The van der Waals surface area contributed by atoms with E-state index in [-0.39, 0.29) is 22.6 Å². The van der Waals surface area contributed by atoms with Crippen LogP contribution in [0.3, 0.4) is 0 Å². The first kappa shape index (κ1) is 23.7. The van der Waals surface area contributed by atoms with E-state index in [1.165, 1.54) is 11.1 Å². The largest absolute Gasteiger partial charge is 0.326 e. The molecule has 0 aliphatic carbocycles. The highest BCUT2D eigenvalue weighted by Gasteiger charge is 2.29. The van der Waals surface area contributed by atoms with Gasteiger partial charge in [-0.2, -0.15) is 0 Å². The zero-order chi connectivity index (χ0) is 22.4. The van der Waals surface area contributed by atoms with Crippen molar-refractivity contribution in [3.63, 3.8) is 0 Å². The maximum Gasteiger partial charge on any atom is 0.230 e. The standard InChI is InChI=1S/C26H36N2O2/c1-7-25(4,5)23(29)27-21-14-10-19(11-15-21)18-20-12-16-22(17-13-20)28-24(30)26(6,8-2)9-3/h10-17H,7-9,18H2,1-6H3,(H,27,29)(H,28,30). The molecule has 30 heavy (non-hydrogen) atoms. The van der Waals surface area contributed by atoms with Crippen LogP contribution in [0.4, 0.5) is 11.4 Å². The summed E-state index contributed by atoms with van der Waals surface area (Å²) in [4.78, 5) is 24.8. The molecule has 0 unspecified atom stereocenters. The third kappa shape index (κ3) is 5.94. The second-order valence-corrected chi connectivity index (χ2v) is 8.98. The van der Waals surface area contributed by atoms with Crippen LogP contribution in [0.2, 0.25) is 0 Å². The molecule has 0 aliphatic heterocycles. The SMILES string of the molecule is CCC(C)(C)C(=O)Nc1ccc(Cc2ccc(NC(=O)C(C)(CC)CC)cc2)cc1. The van der Waals surface area contributed by atoms with Gasteiger partial charge < -0.3 is 10.6 Å². The molecule has 0 saturated heterocycles. The van der Waals surface area contributed by atoms with Crippen LogP contribution in [-0.2, 0) is 16.0 Å². The van der Waals surface area contributed by atoms with Crippen molar-refractivity contribution in [2.75, 3.05) is 10.6 Å². The predicted molar refractivity (Wildman–Crippen MR) is 126 cm³/mol. The molecule has 0 atom stereocenters. The lowest BCUT2D eigenvalue weighted by atomic mass is 9.84. The maximum atomic E-state index is 12.5. The molecule has 4 nitrogen and oxygen atoms in total. The molecule has 162 valence electrons. The minimum Gasteiger partial charge on any atom is -0.326 e. The van der Waals surface area contributed by atoms with Crippen molar-refractivity contribution in [3.8, 4) is 0 Å². The Morgan fingerprint density at radius 3 is 1.43 bits per heavy atom. The zero-order valence-corrected chi connectivity index (χ0v) is 19.3. The molecule has 2 N–H and O–H groups in total. The van der Waals surface area contributed by atoms with Gasteiger partial charge in [0.05, 0.1) is 0 Å². The first-order chi connectivity index (χ1) is 14.1. The second-order valence-electron chi connectivity index (χ2n) is 8.98. The lowest BCUT2D eigenvalue weighted by Gasteiger charge is -2.25. The fourth-order valence-corrected chi connectivity index (χ4v) is 2.96. The summed E-state index contributed by atoms with van der Waals surface area (Å²) in [6, 6.07) is 16.0. The molecule has 0 aliphatic rings. The van der Waals surface area contributed by atoms with Crippen molar-refractivity contribution >= 4 is 23.2 Å². The van der Waals surface area contributed by atoms with Crippen LogP contribution < -0.4 is 10.6 Å². The molecule has 2 amide bonds. The van der Waals surface area contributed by atoms with Gasteiger partial charge in [0.25, 0.3) is 0 Å². The van der Waals surface area contributed by atoms with Gasteiger partial charge in [0.2, 0.25) is 11.8 Å². The minimum absolute atomic E-state index is 0.0395. The Bertz CT molecular complexity index is 848. The number of rotatable bonds is 9. The molecule has 0 fully saturated rings. The molecule has 0 saturated carbocycles. The van der Waals surface area contributed by atoms with Gasteiger partial charge in [-0.3, -0.25) is 9.59 Å². The Morgan fingerprint density at radius 1 is 0.667 bits per heavy atom. The molecule has 0 spiro atoms. The Balaban J connectivity index is 1.97. The summed E-state index contributed by atoms with van der Waals surface area (Å²) in [5.74, 6) is 0.113. The fraction of sp³-hybridized carbons (Fsp3) is 0.462. The third-order valence-electron chi connectivity index (χ3n) is 6.44. The summed E-state index contributed by atoms with van der Waals surface area (Å²) < 4.78 is 0. The van der Waals surface area contributed by atoms with E-state index in [1.807, 2.05) is 90.1 Å². The van der Waals surface area contributed by atoms with Gasteiger partial charge in [-0.1, -0.05) is 65.8 Å². The van der Waals surface area contributed by atoms with Crippen LogP contribution in [0.15, 0.2) is 48.5 Å². The van der Waals surface area contributed by atoms with Crippen molar-refractivity contribution in [2.45, 2.75) is 67.2 Å². The number of benzene rings is 2. The second kappa shape index (κ2) is 9.92. The van der Waals surface area contributed by atoms with Crippen LogP contribution in [0.25, 0.3) is 0 Å². The highest BCUT2D eigenvalue weighted by Crippen LogP contribution is 2.27. The third-order valence-corrected chi connectivity index (χ3v) is 6.44. The molecule has 0 bridgehead atoms. The molecule has 0 radical (unpaired) electrons. The van der Waals surface area contributed by atoms with Crippen LogP contribution in [0.5, 0.6) is 0 Å². The van der Waals surface area contributed by atoms with E-state index in [1.54, 1.807) is 0 Å². The molecular weight excluding hydrogens is 372 g/mol. The monoisotopic (exact) mass is 408 g/mol. The van der Waals surface area contributed by atoms with Gasteiger partial charge in [0, 0.05) is 22.2 Å². The van der Waals surface area contributed by atoms with Crippen molar-refractivity contribution < 1.29 is 9.59 Å². The van der Waals surface area contributed by atoms with Crippen molar-refractivity contribution in [2.24, 2.45) is 10.8 Å². The molecular formula is C26H36N2O2. The summed E-state index contributed by atoms with van der Waals surface area (Å²) in [7, 11) is 0. The zero-order valence-electron chi connectivity index (χ0n) is 19.3. The summed E-state index contributed by atoms with van der Waals surface area (Å²) in [5.41, 5.74) is 3.28. The van der Waals surface area contributed by atoms with Crippen LogP contribution in [0.1, 0.15) is 71.9 Å². The Kier molecular flexibility index (Phi) is 7.83. The van der Waals surface area contributed by atoms with E-state index in [0.29, 0.717) is 0 Å². The number of carbonyl (C=O) groups excluding carboxylic acids is 2. The van der Waals surface area contributed by atoms with E-state index in [0.717, 1.165) is 37.1 Å². The fourth-order valence-electron chi connectivity index (χ4n) is 2.96. The van der Waals surface area contributed by atoms with Crippen molar-refractivity contribution in [1.82, 2.24) is 0 Å². The maximum absolute atomic E-state index is 12.5. The number of nitrogens with one attached hydrogen (secondary N) is 2. The predicted octanol–water partition coefficient (Wildman–Crippen LogP) is 6.42. The van der Waals surface area contributed by atoms with Gasteiger partial charge in [-0.15, -0.1) is 0 Å². The molecule has 2 rings (SSSR count). The highest BCUT2D eigenvalue weighted by molar-refractivity contribution is 5.95. The normalized spacial score (nSPS) is 11.8. The first-order valence-electron chi connectivity index (χ1n) is 10.9. The number of amides is 2. The number of carbonyl (C=O) groups is 2. The van der Waals surface area contributed by atoms with E-state index >= 15 is 0 Å². The lowest BCUT2D eigenvalue weighted by Crippen LogP contribution is -2.32. The Morgan fingerprint density at radius 2 is 1.07 bits per heavy atom. The molecule has 2 aromatic carbocycles. The first-order valence-corrected chi connectivity index (χ1v) is 10.9. The lowest BCUT2D eigenvalue weighted by molar-refractivity contribution is -0.125. The quantitative estimate of drug-likeness (QED) is 0.503. The average Bonchev–Trinajstić information content (AvgIpc) is 2.75. The Labute approximate surface area is 181 Å². The number of anilines is 2. The van der Waals surface area contributed by atoms with Crippen LogP contribution in [0, 0.1) is 10.8 Å². The van der Waals surface area contributed by atoms with Gasteiger partial charge in [-0.25, -0.2) is 0 Å². The van der Waals surface area contributed by atoms with Crippen molar-refractivity contribution in [1.29, 1.82) is 0 Å². The Hall–Kier alpha value is -2.62. The van der Waals surface area contributed by atoms with Crippen LogP contribution >= 0.6 is 0 Å².